The molecule has 0 bridgehead atoms. The van der Waals surface area contributed by atoms with Crippen molar-refractivity contribution < 1.29 is 9.59 Å². The van der Waals surface area contributed by atoms with Crippen LogP contribution < -0.4 is 5.32 Å². The van der Waals surface area contributed by atoms with Crippen molar-refractivity contribution in [3.8, 4) is 0 Å². The summed E-state index contributed by atoms with van der Waals surface area (Å²) in [7, 11) is 0. The van der Waals surface area contributed by atoms with Crippen LogP contribution in [0.3, 0.4) is 0 Å². The van der Waals surface area contributed by atoms with E-state index < -0.39 is 5.41 Å². The number of carbonyl (C=O) groups is 2. The number of anilines is 1. The van der Waals surface area contributed by atoms with E-state index in [1.807, 2.05) is 4.90 Å². The molecule has 0 radical (unpaired) electrons. The summed E-state index contributed by atoms with van der Waals surface area (Å²) in [4.78, 5) is 27.3. The van der Waals surface area contributed by atoms with E-state index in [0.717, 1.165) is 38.8 Å². The first-order valence-corrected chi connectivity index (χ1v) is 8.84. The molecule has 1 N–H and O–H groups in total. The first-order chi connectivity index (χ1) is 11.0. The zero-order chi connectivity index (χ0) is 16.4. The van der Waals surface area contributed by atoms with Gasteiger partial charge in [0.25, 0.3) is 0 Å². The molecule has 0 spiro atoms. The van der Waals surface area contributed by atoms with E-state index in [1.165, 1.54) is 0 Å². The van der Waals surface area contributed by atoms with Crippen molar-refractivity contribution in [2.45, 2.75) is 38.5 Å². The summed E-state index contributed by atoms with van der Waals surface area (Å²) in [6.45, 7) is 1.52. The van der Waals surface area contributed by atoms with Gasteiger partial charge in [-0.2, -0.15) is 0 Å². The number of halogens is 2. The van der Waals surface area contributed by atoms with Crippen molar-refractivity contribution >= 4 is 40.7 Å². The summed E-state index contributed by atoms with van der Waals surface area (Å²) in [5.74, 6) is -0.280. The van der Waals surface area contributed by atoms with Gasteiger partial charge in [0.1, 0.15) is 5.41 Å². The molecule has 1 aromatic carbocycles. The third-order valence-corrected chi connectivity index (χ3v) is 5.21. The minimum atomic E-state index is -0.896. The first kappa shape index (κ1) is 16.6. The largest absolute Gasteiger partial charge is 0.342 e. The summed E-state index contributed by atoms with van der Waals surface area (Å²) in [6, 6.07) is 4.91. The van der Waals surface area contributed by atoms with Gasteiger partial charge in [0.05, 0.1) is 10.7 Å². The number of rotatable bonds is 3. The molecule has 2 fully saturated rings. The normalized spacial score (nSPS) is 19.8. The number of benzene rings is 1. The van der Waals surface area contributed by atoms with E-state index in [1.54, 1.807) is 18.2 Å². The predicted molar refractivity (Wildman–Crippen MR) is 91.8 cm³/mol. The third-order valence-electron chi connectivity index (χ3n) is 4.67. The molecule has 1 aromatic rings. The fourth-order valence-corrected chi connectivity index (χ4v) is 3.53. The van der Waals surface area contributed by atoms with Gasteiger partial charge in [0, 0.05) is 18.1 Å². The molecule has 1 aliphatic carbocycles. The Morgan fingerprint density at radius 2 is 1.70 bits per heavy atom. The molecule has 3 rings (SSSR count). The zero-order valence-electron chi connectivity index (χ0n) is 12.9. The Bertz CT molecular complexity index is 621. The van der Waals surface area contributed by atoms with Crippen LogP contribution in [0, 0.1) is 5.41 Å². The smallest absolute Gasteiger partial charge is 0.240 e. The average molecular weight is 355 g/mol. The summed E-state index contributed by atoms with van der Waals surface area (Å²) in [6.07, 6.45) is 5.57. The molecule has 1 heterocycles. The molecule has 124 valence electrons. The molecule has 1 aliphatic heterocycles. The molecule has 4 nitrogen and oxygen atoms in total. The molecule has 0 aromatic heterocycles. The van der Waals surface area contributed by atoms with Gasteiger partial charge >= 0.3 is 0 Å². The van der Waals surface area contributed by atoms with Gasteiger partial charge in [-0.05, 0) is 43.9 Å². The Hall–Kier alpha value is -1.26. The standard InChI is InChI=1S/C17H20Cl2N2O2/c18-12-5-6-14(13(19)11-12)20-15(22)17(7-8-17)16(23)21-9-3-1-2-4-10-21/h5-6,11H,1-4,7-10H2,(H,20,22). The van der Waals surface area contributed by atoms with E-state index in [0.29, 0.717) is 28.6 Å². The first-order valence-electron chi connectivity index (χ1n) is 8.09. The van der Waals surface area contributed by atoms with Crippen LogP contribution in [0.1, 0.15) is 38.5 Å². The van der Waals surface area contributed by atoms with Gasteiger partial charge in [-0.25, -0.2) is 0 Å². The SMILES string of the molecule is O=C(Nc1ccc(Cl)cc1Cl)C1(C(=O)N2CCCCCC2)CC1. The Morgan fingerprint density at radius 1 is 1.04 bits per heavy atom. The molecular weight excluding hydrogens is 335 g/mol. The van der Waals surface area contributed by atoms with Crippen molar-refractivity contribution in [3.05, 3.63) is 28.2 Å². The van der Waals surface area contributed by atoms with Gasteiger partial charge in [-0.1, -0.05) is 36.0 Å². The lowest BCUT2D eigenvalue weighted by Crippen LogP contribution is -2.43. The molecule has 23 heavy (non-hydrogen) atoms. The van der Waals surface area contributed by atoms with Gasteiger partial charge in [-0.15, -0.1) is 0 Å². The van der Waals surface area contributed by atoms with Crippen LogP contribution >= 0.6 is 23.2 Å². The van der Waals surface area contributed by atoms with Crippen LogP contribution in [0.5, 0.6) is 0 Å². The highest BCUT2D eigenvalue weighted by molar-refractivity contribution is 6.36. The van der Waals surface area contributed by atoms with Crippen molar-refractivity contribution in [2.75, 3.05) is 18.4 Å². The van der Waals surface area contributed by atoms with E-state index in [4.69, 9.17) is 23.2 Å². The fourth-order valence-electron chi connectivity index (χ4n) is 3.07. The second-order valence-corrected chi connectivity index (χ2v) is 7.21. The topological polar surface area (TPSA) is 49.4 Å². The van der Waals surface area contributed by atoms with E-state index in [9.17, 15) is 9.59 Å². The zero-order valence-corrected chi connectivity index (χ0v) is 14.4. The molecule has 0 unspecified atom stereocenters. The highest BCUT2D eigenvalue weighted by Gasteiger charge is 2.58. The maximum absolute atomic E-state index is 12.8. The van der Waals surface area contributed by atoms with Crippen LogP contribution in [-0.2, 0) is 9.59 Å². The van der Waals surface area contributed by atoms with Crippen LogP contribution in [0.4, 0.5) is 5.69 Å². The van der Waals surface area contributed by atoms with E-state index >= 15 is 0 Å². The number of amides is 2. The van der Waals surface area contributed by atoms with Crippen molar-refractivity contribution in [3.63, 3.8) is 0 Å². The summed E-state index contributed by atoms with van der Waals surface area (Å²) in [5, 5.41) is 3.69. The lowest BCUT2D eigenvalue weighted by Gasteiger charge is -2.25. The van der Waals surface area contributed by atoms with Crippen LogP contribution in [0.2, 0.25) is 10.0 Å². The Labute approximate surface area is 146 Å². The number of nitrogens with zero attached hydrogens (tertiary/aromatic N) is 1. The Kier molecular flexibility index (Phi) is 4.83. The third kappa shape index (κ3) is 3.48. The van der Waals surface area contributed by atoms with E-state index in [2.05, 4.69) is 5.32 Å². The van der Waals surface area contributed by atoms with Gasteiger partial charge < -0.3 is 10.2 Å². The monoisotopic (exact) mass is 354 g/mol. The van der Waals surface area contributed by atoms with Gasteiger partial charge in [-0.3, -0.25) is 9.59 Å². The maximum atomic E-state index is 12.8. The number of hydrogen-bond donors (Lipinski definition) is 1. The Morgan fingerprint density at radius 3 is 2.26 bits per heavy atom. The number of nitrogens with one attached hydrogen (secondary N) is 1. The minimum absolute atomic E-state index is 0.0259. The molecule has 1 saturated heterocycles. The summed E-state index contributed by atoms with van der Waals surface area (Å²) in [5.41, 5.74) is -0.399. The highest BCUT2D eigenvalue weighted by Crippen LogP contribution is 2.48. The van der Waals surface area contributed by atoms with Gasteiger partial charge in [0.15, 0.2) is 0 Å². The van der Waals surface area contributed by atoms with Crippen LogP contribution in [0.25, 0.3) is 0 Å². The lowest BCUT2D eigenvalue weighted by atomic mass is 10.0. The molecule has 6 heteroatoms. The quantitative estimate of drug-likeness (QED) is 0.830. The second kappa shape index (κ2) is 6.70. The summed E-state index contributed by atoms with van der Waals surface area (Å²) >= 11 is 12.0. The van der Waals surface area contributed by atoms with Crippen molar-refractivity contribution in [1.29, 1.82) is 0 Å². The molecule has 0 atom stereocenters. The van der Waals surface area contributed by atoms with E-state index in [-0.39, 0.29) is 11.8 Å². The molecular formula is C17H20Cl2N2O2. The minimum Gasteiger partial charge on any atom is -0.342 e. The fraction of sp³-hybridized carbons (Fsp3) is 0.529. The highest BCUT2D eigenvalue weighted by atomic mass is 35.5. The van der Waals surface area contributed by atoms with Crippen molar-refractivity contribution in [1.82, 2.24) is 4.90 Å². The molecule has 2 aliphatic rings. The van der Waals surface area contributed by atoms with Gasteiger partial charge in [0.2, 0.25) is 11.8 Å². The van der Waals surface area contributed by atoms with Crippen molar-refractivity contribution in [2.24, 2.45) is 5.41 Å². The predicted octanol–water partition coefficient (Wildman–Crippen LogP) is 4.11. The number of likely N-dealkylation sites (tertiary alicyclic amines) is 1. The molecule has 1 saturated carbocycles. The van der Waals surface area contributed by atoms with Crippen LogP contribution in [-0.4, -0.2) is 29.8 Å². The number of hydrogen-bond acceptors (Lipinski definition) is 2. The number of carbonyl (C=O) groups excluding carboxylic acids is 2. The lowest BCUT2D eigenvalue weighted by molar-refractivity contribution is -0.142. The Balaban J connectivity index is 1.71. The average Bonchev–Trinajstić information content (AvgIpc) is 3.34. The molecule has 2 amide bonds. The maximum Gasteiger partial charge on any atom is 0.240 e. The summed E-state index contributed by atoms with van der Waals surface area (Å²) < 4.78 is 0. The van der Waals surface area contributed by atoms with Crippen LogP contribution in [0.15, 0.2) is 18.2 Å². The second-order valence-electron chi connectivity index (χ2n) is 6.37.